The third-order valence-corrected chi connectivity index (χ3v) is 3.10. The van der Waals surface area contributed by atoms with Crippen LogP contribution in [0.4, 0.5) is 5.69 Å². The van der Waals surface area contributed by atoms with Crippen LogP contribution in [0.3, 0.4) is 0 Å². The van der Waals surface area contributed by atoms with Gasteiger partial charge in [0.05, 0.1) is 6.42 Å². The first-order valence-corrected chi connectivity index (χ1v) is 7.28. The van der Waals surface area contributed by atoms with Crippen LogP contribution in [-0.4, -0.2) is 18.5 Å². The Morgan fingerprint density at radius 3 is 2.45 bits per heavy atom. The van der Waals surface area contributed by atoms with Gasteiger partial charge in [-0.3, -0.25) is 9.59 Å². The zero-order chi connectivity index (χ0) is 16.2. The maximum atomic E-state index is 11.9. The zero-order valence-electron chi connectivity index (χ0n) is 13.2. The van der Waals surface area contributed by atoms with Crippen LogP contribution in [0.25, 0.3) is 10.8 Å². The first-order valence-electron chi connectivity index (χ1n) is 7.28. The molecule has 0 saturated carbocycles. The fourth-order valence-electron chi connectivity index (χ4n) is 2.15. The van der Waals surface area contributed by atoms with E-state index in [4.69, 9.17) is 4.74 Å². The van der Waals surface area contributed by atoms with E-state index in [0.717, 1.165) is 16.5 Å². The number of carbonyl (C=O) groups excluding carboxylic acids is 2. The highest BCUT2D eigenvalue weighted by molar-refractivity contribution is 6.02. The summed E-state index contributed by atoms with van der Waals surface area (Å²) >= 11 is 0. The molecule has 2 rings (SSSR count). The molecule has 0 heterocycles. The highest BCUT2D eigenvalue weighted by Crippen LogP contribution is 2.23. The lowest BCUT2D eigenvalue weighted by Gasteiger charge is -2.16. The van der Waals surface area contributed by atoms with E-state index in [0.29, 0.717) is 0 Å². The van der Waals surface area contributed by atoms with Crippen molar-refractivity contribution in [2.24, 2.45) is 5.41 Å². The third kappa shape index (κ3) is 4.58. The molecule has 0 bridgehead atoms. The number of anilines is 1. The molecule has 0 spiro atoms. The van der Waals surface area contributed by atoms with E-state index in [2.05, 4.69) is 5.32 Å². The molecule has 4 heteroatoms. The molecule has 0 aliphatic rings. The molecule has 0 aliphatic heterocycles. The van der Waals surface area contributed by atoms with Crippen molar-refractivity contribution in [3.63, 3.8) is 0 Å². The van der Waals surface area contributed by atoms with E-state index in [1.807, 2.05) is 63.2 Å². The van der Waals surface area contributed by atoms with Crippen LogP contribution in [0.1, 0.15) is 27.2 Å². The summed E-state index contributed by atoms with van der Waals surface area (Å²) < 4.78 is 5.01. The molecule has 116 valence electrons. The molecule has 0 saturated heterocycles. The summed E-state index contributed by atoms with van der Waals surface area (Å²) in [5.41, 5.74) is 0.568. The van der Waals surface area contributed by atoms with Crippen molar-refractivity contribution in [3.8, 4) is 0 Å². The normalized spacial score (nSPS) is 11.2. The van der Waals surface area contributed by atoms with Gasteiger partial charge >= 0.3 is 5.97 Å². The molecule has 2 aromatic rings. The minimum Gasteiger partial charge on any atom is -0.456 e. The topological polar surface area (TPSA) is 55.4 Å². The number of nitrogens with one attached hydrogen (secondary N) is 1. The molecule has 22 heavy (non-hydrogen) atoms. The molecule has 0 unspecified atom stereocenters. The Labute approximate surface area is 130 Å². The number of carbonyl (C=O) groups is 2. The highest BCUT2D eigenvalue weighted by atomic mass is 16.5. The number of ether oxygens (including phenoxy) is 1. The molecule has 1 N–H and O–H groups in total. The van der Waals surface area contributed by atoms with Gasteiger partial charge < -0.3 is 10.1 Å². The van der Waals surface area contributed by atoms with Gasteiger partial charge in [0.1, 0.15) is 0 Å². The summed E-state index contributed by atoms with van der Waals surface area (Å²) in [7, 11) is 0. The van der Waals surface area contributed by atoms with Crippen molar-refractivity contribution in [2.45, 2.75) is 27.2 Å². The lowest BCUT2D eigenvalue weighted by Crippen LogP contribution is -2.23. The largest absolute Gasteiger partial charge is 0.456 e. The lowest BCUT2D eigenvalue weighted by atomic mass is 9.92. The summed E-state index contributed by atoms with van der Waals surface area (Å²) in [6.07, 6.45) is 0.286. The first kappa shape index (κ1) is 16.0. The number of esters is 1. The smallest absolute Gasteiger partial charge is 0.306 e. The molecule has 1 amide bonds. The average Bonchev–Trinajstić information content (AvgIpc) is 2.44. The Morgan fingerprint density at radius 2 is 1.73 bits per heavy atom. The number of hydrogen-bond donors (Lipinski definition) is 1. The van der Waals surface area contributed by atoms with Crippen LogP contribution in [0, 0.1) is 5.41 Å². The van der Waals surface area contributed by atoms with Crippen molar-refractivity contribution in [3.05, 3.63) is 42.5 Å². The molecule has 2 aromatic carbocycles. The SMILES string of the molecule is CC(C)(C)CC(=O)OCC(=O)Nc1cccc2ccccc12. The summed E-state index contributed by atoms with van der Waals surface area (Å²) in [4.78, 5) is 23.6. The van der Waals surface area contributed by atoms with Crippen LogP contribution in [0.5, 0.6) is 0 Å². The fourth-order valence-corrected chi connectivity index (χ4v) is 2.15. The van der Waals surface area contributed by atoms with Gasteiger partial charge in [0.25, 0.3) is 5.91 Å². The van der Waals surface area contributed by atoms with Gasteiger partial charge in [-0.15, -0.1) is 0 Å². The van der Waals surface area contributed by atoms with Gasteiger partial charge in [0, 0.05) is 11.1 Å². The number of hydrogen-bond acceptors (Lipinski definition) is 3. The standard InChI is InChI=1S/C18H21NO3/c1-18(2,3)11-17(21)22-12-16(20)19-15-10-6-8-13-7-4-5-9-14(13)15/h4-10H,11-12H2,1-3H3,(H,19,20). The van der Waals surface area contributed by atoms with Crippen molar-refractivity contribution in [1.29, 1.82) is 0 Å². The Bertz CT molecular complexity index is 681. The average molecular weight is 299 g/mol. The maximum absolute atomic E-state index is 11.9. The van der Waals surface area contributed by atoms with Crippen molar-refractivity contribution in [1.82, 2.24) is 0 Å². The number of rotatable bonds is 4. The maximum Gasteiger partial charge on any atom is 0.306 e. The van der Waals surface area contributed by atoms with Gasteiger partial charge in [-0.2, -0.15) is 0 Å². The van der Waals surface area contributed by atoms with Crippen LogP contribution in [-0.2, 0) is 14.3 Å². The van der Waals surface area contributed by atoms with E-state index in [9.17, 15) is 9.59 Å². The Kier molecular flexibility index (Phi) is 4.81. The second-order valence-electron chi connectivity index (χ2n) is 6.47. The molecular weight excluding hydrogens is 278 g/mol. The monoisotopic (exact) mass is 299 g/mol. The molecule has 0 fully saturated rings. The summed E-state index contributed by atoms with van der Waals surface area (Å²) in [5, 5.41) is 4.79. The fraction of sp³-hybridized carbons (Fsp3) is 0.333. The van der Waals surface area contributed by atoms with Crippen LogP contribution < -0.4 is 5.32 Å². The second kappa shape index (κ2) is 6.60. The van der Waals surface area contributed by atoms with Gasteiger partial charge in [0.2, 0.25) is 0 Å². The number of amides is 1. The van der Waals surface area contributed by atoms with Crippen molar-refractivity contribution >= 4 is 28.3 Å². The van der Waals surface area contributed by atoms with E-state index in [-0.39, 0.29) is 30.3 Å². The summed E-state index contributed by atoms with van der Waals surface area (Å²) in [6.45, 7) is 5.58. The predicted molar refractivity (Wildman–Crippen MR) is 87.6 cm³/mol. The minimum atomic E-state index is -0.361. The molecule has 0 aliphatic carbocycles. The minimum absolute atomic E-state index is 0.150. The van der Waals surface area contributed by atoms with E-state index >= 15 is 0 Å². The highest BCUT2D eigenvalue weighted by Gasteiger charge is 2.18. The van der Waals surface area contributed by atoms with E-state index in [1.165, 1.54) is 0 Å². The number of benzene rings is 2. The van der Waals surface area contributed by atoms with E-state index < -0.39 is 0 Å². The van der Waals surface area contributed by atoms with Crippen molar-refractivity contribution < 1.29 is 14.3 Å². The predicted octanol–water partition coefficient (Wildman–Crippen LogP) is 3.76. The van der Waals surface area contributed by atoms with E-state index in [1.54, 1.807) is 0 Å². The second-order valence-corrected chi connectivity index (χ2v) is 6.47. The Morgan fingerprint density at radius 1 is 1.05 bits per heavy atom. The Hall–Kier alpha value is -2.36. The van der Waals surface area contributed by atoms with Crippen molar-refractivity contribution in [2.75, 3.05) is 11.9 Å². The quantitative estimate of drug-likeness (QED) is 0.875. The molecule has 0 aromatic heterocycles. The number of fused-ring (bicyclic) bond motifs is 1. The van der Waals surface area contributed by atoms with Gasteiger partial charge in [0.15, 0.2) is 6.61 Å². The first-order chi connectivity index (χ1) is 10.3. The van der Waals surface area contributed by atoms with Gasteiger partial charge in [-0.1, -0.05) is 57.2 Å². The summed E-state index contributed by atoms with van der Waals surface area (Å²) in [6, 6.07) is 13.5. The lowest BCUT2D eigenvalue weighted by molar-refractivity contribution is -0.149. The van der Waals surface area contributed by atoms with Crippen LogP contribution in [0.15, 0.2) is 42.5 Å². The van der Waals surface area contributed by atoms with Gasteiger partial charge in [-0.05, 0) is 16.9 Å². The Balaban J connectivity index is 1.96. The molecule has 4 nitrogen and oxygen atoms in total. The van der Waals surface area contributed by atoms with Crippen LogP contribution >= 0.6 is 0 Å². The molecule has 0 radical (unpaired) electrons. The third-order valence-electron chi connectivity index (χ3n) is 3.10. The zero-order valence-corrected chi connectivity index (χ0v) is 13.2. The molecular formula is C18H21NO3. The van der Waals surface area contributed by atoms with Gasteiger partial charge in [-0.25, -0.2) is 0 Å². The molecule has 0 atom stereocenters. The van der Waals surface area contributed by atoms with Crippen LogP contribution in [0.2, 0.25) is 0 Å². The summed E-state index contributed by atoms with van der Waals surface area (Å²) in [5.74, 6) is -0.695.